The van der Waals surface area contributed by atoms with E-state index in [2.05, 4.69) is 0 Å². The Morgan fingerprint density at radius 2 is 2.19 bits per heavy atom. The van der Waals surface area contributed by atoms with Crippen LogP contribution in [0.15, 0.2) is 18.2 Å². The van der Waals surface area contributed by atoms with E-state index in [0.717, 1.165) is 22.8 Å². The van der Waals surface area contributed by atoms with Crippen molar-refractivity contribution in [3.05, 3.63) is 28.8 Å². The molecule has 16 heavy (non-hydrogen) atoms. The molecule has 0 bridgehead atoms. The summed E-state index contributed by atoms with van der Waals surface area (Å²) in [7, 11) is 1.67. The summed E-state index contributed by atoms with van der Waals surface area (Å²) in [6.45, 7) is 1.38. The van der Waals surface area contributed by atoms with E-state index < -0.39 is 0 Å². The number of ether oxygens (including phenoxy) is 2. The molecule has 1 fully saturated rings. The van der Waals surface area contributed by atoms with E-state index >= 15 is 0 Å². The zero-order valence-corrected chi connectivity index (χ0v) is 10.6. The van der Waals surface area contributed by atoms with Crippen LogP contribution in [0.25, 0.3) is 0 Å². The number of rotatable bonds is 4. The van der Waals surface area contributed by atoms with Gasteiger partial charge in [-0.25, -0.2) is 0 Å². The normalized spacial score (nSPS) is 17.9. The second-order valence-electron chi connectivity index (χ2n) is 4.06. The van der Waals surface area contributed by atoms with Crippen molar-refractivity contribution in [3.8, 4) is 5.75 Å². The lowest BCUT2D eigenvalue weighted by Gasteiger charge is -2.42. The van der Waals surface area contributed by atoms with E-state index in [1.165, 1.54) is 0 Å². The number of methoxy groups -OCH3 is 1. The molecule has 0 aromatic heterocycles. The topological polar surface area (TPSA) is 18.5 Å². The molecule has 0 aliphatic carbocycles. The van der Waals surface area contributed by atoms with Gasteiger partial charge >= 0.3 is 0 Å². The maximum atomic E-state index is 6.03. The van der Waals surface area contributed by atoms with Crippen LogP contribution in [0.3, 0.4) is 0 Å². The summed E-state index contributed by atoms with van der Waals surface area (Å²) >= 11 is 11.9. The minimum atomic E-state index is -0.0159. The van der Waals surface area contributed by atoms with Crippen LogP contribution in [0.2, 0.25) is 5.02 Å². The fraction of sp³-hybridized carbons (Fsp3) is 0.500. The molecule has 4 heteroatoms. The number of benzene rings is 1. The molecule has 0 atom stereocenters. The SMILES string of the molecule is COc1ccc(Cl)cc1C1(CCCl)COC1. The molecular weight excluding hydrogens is 247 g/mol. The van der Waals surface area contributed by atoms with E-state index in [1.807, 2.05) is 18.2 Å². The number of halogens is 2. The minimum Gasteiger partial charge on any atom is -0.496 e. The largest absolute Gasteiger partial charge is 0.496 e. The van der Waals surface area contributed by atoms with Crippen LogP contribution >= 0.6 is 23.2 Å². The molecule has 0 N–H and O–H groups in total. The van der Waals surface area contributed by atoms with Crippen LogP contribution < -0.4 is 4.74 Å². The molecule has 2 nitrogen and oxygen atoms in total. The van der Waals surface area contributed by atoms with Gasteiger partial charge in [0.1, 0.15) is 5.75 Å². The molecule has 0 spiro atoms. The lowest BCUT2D eigenvalue weighted by molar-refractivity contribution is -0.0624. The monoisotopic (exact) mass is 260 g/mol. The van der Waals surface area contributed by atoms with Gasteiger partial charge in [-0.1, -0.05) is 11.6 Å². The second-order valence-corrected chi connectivity index (χ2v) is 4.87. The molecule has 2 rings (SSSR count). The van der Waals surface area contributed by atoms with Gasteiger partial charge in [0.25, 0.3) is 0 Å². The Hall–Kier alpha value is -0.440. The molecule has 1 heterocycles. The van der Waals surface area contributed by atoms with Crippen molar-refractivity contribution in [2.45, 2.75) is 11.8 Å². The van der Waals surface area contributed by atoms with Crippen molar-refractivity contribution in [1.29, 1.82) is 0 Å². The van der Waals surface area contributed by atoms with Crippen molar-refractivity contribution in [1.82, 2.24) is 0 Å². The van der Waals surface area contributed by atoms with Crippen LogP contribution in [0.5, 0.6) is 5.75 Å². The maximum Gasteiger partial charge on any atom is 0.122 e. The van der Waals surface area contributed by atoms with Crippen LogP contribution in [0, 0.1) is 0 Å². The van der Waals surface area contributed by atoms with Crippen LogP contribution in [0.4, 0.5) is 0 Å². The molecular formula is C12H14Cl2O2. The van der Waals surface area contributed by atoms with E-state index in [1.54, 1.807) is 7.11 Å². The van der Waals surface area contributed by atoms with Gasteiger partial charge in [-0.15, -0.1) is 11.6 Å². The first-order chi connectivity index (χ1) is 7.72. The van der Waals surface area contributed by atoms with Crippen molar-refractivity contribution < 1.29 is 9.47 Å². The summed E-state index contributed by atoms with van der Waals surface area (Å²) in [6.07, 6.45) is 0.880. The molecule has 0 saturated carbocycles. The standard InChI is InChI=1S/C12H14Cl2O2/c1-15-11-3-2-9(14)6-10(11)12(4-5-13)7-16-8-12/h2-3,6H,4-5,7-8H2,1H3. The van der Waals surface area contributed by atoms with Gasteiger partial charge in [0.05, 0.1) is 20.3 Å². The van der Waals surface area contributed by atoms with E-state index in [4.69, 9.17) is 32.7 Å². The summed E-state index contributed by atoms with van der Waals surface area (Å²) in [5.41, 5.74) is 1.09. The first-order valence-electron chi connectivity index (χ1n) is 5.19. The van der Waals surface area contributed by atoms with E-state index in [9.17, 15) is 0 Å². The van der Waals surface area contributed by atoms with Gasteiger partial charge in [-0.3, -0.25) is 0 Å². The summed E-state index contributed by atoms with van der Waals surface area (Å²) in [5.74, 6) is 1.47. The highest BCUT2D eigenvalue weighted by Gasteiger charge is 2.41. The quantitative estimate of drug-likeness (QED) is 0.774. The minimum absolute atomic E-state index is 0.0159. The first kappa shape index (κ1) is 12.0. The predicted molar refractivity (Wildman–Crippen MR) is 65.8 cm³/mol. The van der Waals surface area contributed by atoms with Gasteiger partial charge in [-0.2, -0.15) is 0 Å². The van der Waals surface area contributed by atoms with Crippen LogP contribution in [0.1, 0.15) is 12.0 Å². The van der Waals surface area contributed by atoms with Crippen molar-refractivity contribution in [2.75, 3.05) is 26.2 Å². The fourth-order valence-corrected chi connectivity index (χ4v) is 2.59. The highest BCUT2D eigenvalue weighted by atomic mass is 35.5. The zero-order chi connectivity index (χ0) is 11.6. The van der Waals surface area contributed by atoms with Gasteiger partial charge in [-0.05, 0) is 24.6 Å². The molecule has 0 unspecified atom stereocenters. The molecule has 1 aromatic carbocycles. The lowest BCUT2D eigenvalue weighted by atomic mass is 9.76. The Balaban J connectivity index is 2.40. The number of hydrogen-bond donors (Lipinski definition) is 0. The molecule has 88 valence electrons. The summed E-state index contributed by atoms with van der Waals surface area (Å²) in [5, 5.41) is 0.719. The molecule has 1 saturated heterocycles. The molecule has 0 amide bonds. The third-order valence-electron chi connectivity index (χ3n) is 3.06. The molecule has 1 aromatic rings. The fourth-order valence-electron chi connectivity index (χ4n) is 2.06. The smallest absolute Gasteiger partial charge is 0.122 e. The van der Waals surface area contributed by atoms with Crippen LogP contribution in [-0.4, -0.2) is 26.2 Å². The van der Waals surface area contributed by atoms with E-state index in [-0.39, 0.29) is 5.41 Å². The zero-order valence-electron chi connectivity index (χ0n) is 9.13. The Labute approximate surface area is 105 Å². The Morgan fingerprint density at radius 3 is 2.69 bits per heavy atom. The molecule has 0 radical (unpaired) electrons. The highest BCUT2D eigenvalue weighted by molar-refractivity contribution is 6.30. The van der Waals surface area contributed by atoms with E-state index in [0.29, 0.717) is 19.1 Å². The number of alkyl halides is 1. The third kappa shape index (κ3) is 2.02. The Kier molecular flexibility index (Phi) is 3.63. The lowest BCUT2D eigenvalue weighted by Crippen LogP contribution is -2.47. The molecule has 1 aliphatic rings. The Bertz CT molecular complexity index is 375. The van der Waals surface area contributed by atoms with Crippen LogP contribution in [-0.2, 0) is 10.2 Å². The van der Waals surface area contributed by atoms with Crippen molar-refractivity contribution >= 4 is 23.2 Å². The summed E-state index contributed by atoms with van der Waals surface area (Å²) in [4.78, 5) is 0. The van der Waals surface area contributed by atoms with Gasteiger partial charge in [0.15, 0.2) is 0 Å². The third-order valence-corrected chi connectivity index (χ3v) is 3.49. The average Bonchev–Trinajstić information content (AvgIpc) is 2.23. The Morgan fingerprint density at radius 1 is 1.44 bits per heavy atom. The van der Waals surface area contributed by atoms with Gasteiger partial charge < -0.3 is 9.47 Å². The summed E-state index contributed by atoms with van der Waals surface area (Å²) in [6, 6.07) is 5.68. The second kappa shape index (κ2) is 4.82. The molecule has 1 aliphatic heterocycles. The average molecular weight is 261 g/mol. The number of hydrogen-bond acceptors (Lipinski definition) is 2. The predicted octanol–water partition coefficient (Wildman–Crippen LogP) is 3.25. The summed E-state index contributed by atoms with van der Waals surface area (Å²) < 4.78 is 10.7. The van der Waals surface area contributed by atoms with Gasteiger partial charge in [0, 0.05) is 21.9 Å². The van der Waals surface area contributed by atoms with Crippen molar-refractivity contribution in [3.63, 3.8) is 0 Å². The van der Waals surface area contributed by atoms with Gasteiger partial charge in [0.2, 0.25) is 0 Å². The highest BCUT2D eigenvalue weighted by Crippen LogP contribution is 2.41. The van der Waals surface area contributed by atoms with Crippen molar-refractivity contribution in [2.24, 2.45) is 0 Å². The maximum absolute atomic E-state index is 6.03. The first-order valence-corrected chi connectivity index (χ1v) is 6.11.